The van der Waals surface area contributed by atoms with Gasteiger partial charge in [0.25, 0.3) is 11.8 Å². The molecule has 29 heavy (non-hydrogen) atoms. The van der Waals surface area contributed by atoms with Gasteiger partial charge in [-0.15, -0.1) is 0 Å². The average Bonchev–Trinajstić information content (AvgIpc) is 2.85. The molecule has 1 heterocycles. The van der Waals surface area contributed by atoms with Gasteiger partial charge in [0.2, 0.25) is 5.79 Å². The molecule has 1 aliphatic rings. The highest BCUT2D eigenvalue weighted by atomic mass is 17.3. The molecule has 1 rings (SSSR count). The maximum atomic E-state index is 12.1. The maximum absolute atomic E-state index is 12.1. The van der Waals surface area contributed by atoms with Gasteiger partial charge >= 0.3 is 0 Å². The van der Waals surface area contributed by atoms with Crippen LogP contribution in [0.1, 0.15) is 93.9 Å². The van der Waals surface area contributed by atoms with Crippen LogP contribution in [-0.2, 0) is 29.1 Å². The van der Waals surface area contributed by atoms with Gasteiger partial charge < -0.3 is 0 Å². The lowest BCUT2D eigenvalue weighted by Gasteiger charge is -2.34. The maximum Gasteiger partial charge on any atom is 0.256 e. The van der Waals surface area contributed by atoms with Gasteiger partial charge in [0.15, 0.2) is 0 Å². The largest absolute Gasteiger partial charge is 0.275 e. The lowest BCUT2D eigenvalue weighted by molar-refractivity contribution is -0.540. The van der Waals surface area contributed by atoms with Crippen LogP contribution in [-0.4, -0.2) is 40.2 Å². The van der Waals surface area contributed by atoms with Gasteiger partial charge in [-0.3, -0.25) is 14.5 Å². The second kappa shape index (κ2) is 10.7. The minimum absolute atomic E-state index is 0.251. The first-order valence-electron chi connectivity index (χ1n) is 10.6. The first-order chi connectivity index (χ1) is 13.3. The molecule has 1 aliphatic heterocycles. The lowest BCUT2D eigenvalue weighted by Crippen LogP contribution is -2.41. The quantitative estimate of drug-likeness (QED) is 0.175. The van der Waals surface area contributed by atoms with E-state index in [9.17, 15) is 9.59 Å². The molecule has 168 valence electrons. The number of carbonyl (C=O) groups is 2. The first kappa shape index (κ1) is 25.8. The number of hydrogen-bond acceptors (Lipinski definition) is 6. The molecule has 0 aromatic carbocycles. The number of hydrogen-bond donors (Lipinski definition) is 0. The third-order valence-electron chi connectivity index (χ3n) is 4.79. The fourth-order valence-electron chi connectivity index (χ4n) is 3.19. The number of amides is 2. The topological polar surface area (TPSA) is 74.3 Å². The van der Waals surface area contributed by atoms with Gasteiger partial charge in [0.05, 0.1) is 11.2 Å². The van der Waals surface area contributed by atoms with Crippen molar-refractivity contribution < 1.29 is 29.1 Å². The summed E-state index contributed by atoms with van der Waals surface area (Å²) < 4.78 is 0. The van der Waals surface area contributed by atoms with E-state index in [-0.39, 0.29) is 18.4 Å². The Labute approximate surface area is 175 Å². The summed E-state index contributed by atoms with van der Waals surface area (Å²) in [5.41, 5.74) is -0.486. The minimum atomic E-state index is -1.18. The Hall–Kier alpha value is -1.28. The standard InChI is InChI=1S/C22H39NO6/c1-9-12-20(4,5)26-28-22(8,29-27-21(6,7)13-10-2)14-11-15-23-18(24)16-17(3)19(23)25/h16H,9-15H2,1-8H3. The van der Waals surface area contributed by atoms with E-state index in [2.05, 4.69) is 13.8 Å². The predicted octanol–water partition coefficient (Wildman–Crippen LogP) is 4.85. The zero-order valence-electron chi connectivity index (χ0n) is 19.4. The number of imide groups is 1. The van der Waals surface area contributed by atoms with Crippen LogP contribution >= 0.6 is 0 Å². The molecule has 0 saturated carbocycles. The third kappa shape index (κ3) is 8.54. The van der Waals surface area contributed by atoms with Crippen molar-refractivity contribution in [2.24, 2.45) is 0 Å². The Kier molecular flexibility index (Phi) is 9.47. The van der Waals surface area contributed by atoms with E-state index in [0.717, 1.165) is 25.7 Å². The van der Waals surface area contributed by atoms with Gasteiger partial charge in [-0.05, 0) is 60.8 Å². The van der Waals surface area contributed by atoms with Crippen LogP contribution in [0, 0.1) is 0 Å². The summed E-state index contributed by atoms with van der Waals surface area (Å²) in [4.78, 5) is 48.0. The molecule has 0 atom stereocenters. The Bertz CT molecular complexity index is 574. The Morgan fingerprint density at radius 2 is 1.31 bits per heavy atom. The molecule has 0 saturated heterocycles. The first-order valence-corrected chi connectivity index (χ1v) is 10.6. The van der Waals surface area contributed by atoms with Gasteiger partial charge in [0, 0.05) is 24.6 Å². The highest BCUT2D eigenvalue weighted by Crippen LogP contribution is 2.29. The molecule has 2 amide bonds. The molecule has 0 radical (unpaired) electrons. The summed E-state index contributed by atoms with van der Waals surface area (Å²) >= 11 is 0. The molecule has 0 N–H and O–H groups in total. The predicted molar refractivity (Wildman–Crippen MR) is 110 cm³/mol. The zero-order chi connectivity index (χ0) is 22.3. The van der Waals surface area contributed by atoms with Crippen molar-refractivity contribution in [3.05, 3.63) is 11.6 Å². The molecule has 0 unspecified atom stereocenters. The van der Waals surface area contributed by atoms with Crippen LogP contribution in [0.5, 0.6) is 0 Å². The lowest BCUT2D eigenvalue weighted by atomic mass is 10.0. The third-order valence-corrected chi connectivity index (χ3v) is 4.79. The number of nitrogens with zero attached hydrogens (tertiary/aromatic N) is 1. The monoisotopic (exact) mass is 413 g/mol. The molecule has 7 heteroatoms. The summed E-state index contributed by atoms with van der Waals surface area (Å²) in [7, 11) is 0. The van der Waals surface area contributed by atoms with E-state index in [1.807, 2.05) is 27.7 Å². The number of rotatable bonds is 14. The SMILES string of the molecule is CCCC(C)(C)OOC(C)(CCCN1C(=O)C=C(C)C1=O)OOC(C)(C)CCC. The van der Waals surface area contributed by atoms with E-state index in [0.29, 0.717) is 18.4 Å². The smallest absolute Gasteiger partial charge is 0.256 e. The fourth-order valence-corrected chi connectivity index (χ4v) is 3.19. The average molecular weight is 414 g/mol. The van der Waals surface area contributed by atoms with E-state index in [4.69, 9.17) is 19.6 Å². The van der Waals surface area contributed by atoms with E-state index < -0.39 is 17.0 Å². The Balaban J connectivity index is 2.73. The summed E-state index contributed by atoms with van der Waals surface area (Å²) in [6.07, 6.45) is 5.80. The highest BCUT2D eigenvalue weighted by molar-refractivity contribution is 6.15. The molecule has 0 spiro atoms. The molecule has 0 fully saturated rings. The van der Waals surface area contributed by atoms with Crippen molar-refractivity contribution in [3.8, 4) is 0 Å². The van der Waals surface area contributed by atoms with Crippen molar-refractivity contribution in [1.82, 2.24) is 4.90 Å². The zero-order valence-corrected chi connectivity index (χ0v) is 19.4. The van der Waals surface area contributed by atoms with E-state index in [1.165, 1.54) is 11.0 Å². The number of carbonyl (C=O) groups excluding carboxylic acids is 2. The minimum Gasteiger partial charge on any atom is -0.275 e. The Morgan fingerprint density at radius 3 is 1.69 bits per heavy atom. The Morgan fingerprint density at radius 1 is 0.828 bits per heavy atom. The fraction of sp³-hybridized carbons (Fsp3) is 0.818. The summed E-state index contributed by atoms with van der Waals surface area (Å²) in [6.45, 7) is 15.6. The second-order valence-electron chi connectivity index (χ2n) is 9.21. The van der Waals surface area contributed by atoms with Gasteiger partial charge in [-0.25, -0.2) is 9.78 Å². The van der Waals surface area contributed by atoms with Crippen molar-refractivity contribution in [3.63, 3.8) is 0 Å². The van der Waals surface area contributed by atoms with Gasteiger partial charge in [-0.1, -0.05) is 26.7 Å². The molecule has 0 bridgehead atoms. The summed E-state index contributed by atoms with van der Waals surface area (Å²) in [5.74, 6) is -1.71. The van der Waals surface area contributed by atoms with Crippen LogP contribution in [0.4, 0.5) is 0 Å². The summed E-state index contributed by atoms with van der Waals surface area (Å²) in [6, 6.07) is 0. The molecular weight excluding hydrogens is 374 g/mol. The second-order valence-corrected chi connectivity index (χ2v) is 9.21. The van der Waals surface area contributed by atoms with E-state index >= 15 is 0 Å². The highest BCUT2D eigenvalue weighted by Gasteiger charge is 2.36. The summed E-state index contributed by atoms with van der Waals surface area (Å²) in [5, 5.41) is 0. The molecule has 0 aliphatic carbocycles. The molecular formula is C22H39NO6. The van der Waals surface area contributed by atoms with Crippen LogP contribution in [0.25, 0.3) is 0 Å². The van der Waals surface area contributed by atoms with Crippen molar-refractivity contribution in [1.29, 1.82) is 0 Å². The van der Waals surface area contributed by atoms with Gasteiger partial charge in [0.1, 0.15) is 0 Å². The van der Waals surface area contributed by atoms with Crippen molar-refractivity contribution in [2.75, 3.05) is 6.54 Å². The van der Waals surface area contributed by atoms with Crippen LogP contribution in [0.15, 0.2) is 11.6 Å². The molecule has 0 aromatic heterocycles. The van der Waals surface area contributed by atoms with Gasteiger partial charge in [-0.2, -0.15) is 9.78 Å². The van der Waals surface area contributed by atoms with Crippen molar-refractivity contribution >= 4 is 11.8 Å². The van der Waals surface area contributed by atoms with Crippen molar-refractivity contribution in [2.45, 2.75) is 111 Å². The van der Waals surface area contributed by atoms with Crippen LogP contribution in [0.2, 0.25) is 0 Å². The van der Waals surface area contributed by atoms with E-state index in [1.54, 1.807) is 13.8 Å². The molecule has 0 aromatic rings. The normalized spacial score (nSPS) is 16.0. The molecule has 7 nitrogen and oxygen atoms in total. The van der Waals surface area contributed by atoms with Crippen LogP contribution < -0.4 is 0 Å². The van der Waals surface area contributed by atoms with Crippen LogP contribution in [0.3, 0.4) is 0 Å².